The maximum Gasteiger partial charge on any atom is 0.0383 e. The van der Waals surface area contributed by atoms with Crippen LogP contribution in [0.15, 0.2) is 34.8 Å². The highest BCUT2D eigenvalue weighted by Gasteiger charge is 1.97. The van der Waals surface area contributed by atoms with Crippen LogP contribution in [0.5, 0.6) is 0 Å². The molecule has 0 atom stereocenters. The van der Waals surface area contributed by atoms with Crippen LogP contribution >= 0.6 is 15.9 Å². The molecule has 0 radical (unpaired) electrons. The summed E-state index contributed by atoms with van der Waals surface area (Å²) in [6.45, 7) is 8.78. The van der Waals surface area contributed by atoms with Crippen LogP contribution in [0.1, 0.15) is 12.5 Å². The van der Waals surface area contributed by atoms with E-state index >= 15 is 0 Å². The van der Waals surface area contributed by atoms with Gasteiger partial charge in [-0.05, 0) is 31.5 Å². The zero-order valence-electron chi connectivity index (χ0n) is 8.02. The van der Waals surface area contributed by atoms with Gasteiger partial charge >= 0.3 is 0 Å². The minimum absolute atomic E-state index is 0.831. The first-order valence-corrected chi connectivity index (χ1v) is 5.03. The first-order chi connectivity index (χ1) is 6.09. The van der Waals surface area contributed by atoms with Gasteiger partial charge in [0.2, 0.25) is 0 Å². The molecule has 0 heterocycles. The number of aryl methyl sites for hydroxylation is 1. The molecule has 0 fully saturated rings. The zero-order valence-corrected chi connectivity index (χ0v) is 9.61. The van der Waals surface area contributed by atoms with Gasteiger partial charge in [-0.2, -0.15) is 0 Å². The van der Waals surface area contributed by atoms with Crippen LogP contribution in [-0.4, -0.2) is 6.54 Å². The number of hydrogen-bond acceptors (Lipinski definition) is 1. The van der Waals surface area contributed by atoms with E-state index in [1.807, 2.05) is 13.0 Å². The van der Waals surface area contributed by atoms with E-state index in [0.717, 1.165) is 22.3 Å². The number of benzene rings is 1. The van der Waals surface area contributed by atoms with Crippen LogP contribution in [0.25, 0.3) is 0 Å². The molecule has 0 aliphatic heterocycles. The summed E-state index contributed by atoms with van der Waals surface area (Å²) in [5.74, 6) is 0. The van der Waals surface area contributed by atoms with Crippen molar-refractivity contribution < 1.29 is 0 Å². The average Bonchev–Trinajstić information content (AvgIpc) is 2.06. The Morgan fingerprint density at radius 1 is 1.54 bits per heavy atom. The Kier molecular flexibility index (Phi) is 3.55. The topological polar surface area (TPSA) is 12.0 Å². The van der Waals surface area contributed by atoms with Crippen LogP contribution in [0, 0.1) is 6.92 Å². The van der Waals surface area contributed by atoms with E-state index in [2.05, 4.69) is 46.9 Å². The van der Waals surface area contributed by atoms with Crippen LogP contribution < -0.4 is 5.32 Å². The Bertz CT molecular complexity index is 318. The van der Waals surface area contributed by atoms with Gasteiger partial charge in [0.15, 0.2) is 0 Å². The SMILES string of the molecule is C=C(C)CNc1cc(Br)ccc1C. The number of hydrogen-bond donors (Lipinski definition) is 1. The summed E-state index contributed by atoms with van der Waals surface area (Å²) in [6.07, 6.45) is 0. The molecule has 1 aromatic rings. The normalized spacial score (nSPS) is 9.77. The molecule has 0 spiro atoms. The first kappa shape index (κ1) is 10.3. The number of anilines is 1. The van der Waals surface area contributed by atoms with Gasteiger partial charge in [0.05, 0.1) is 0 Å². The summed E-state index contributed by atoms with van der Waals surface area (Å²) in [6, 6.07) is 6.21. The van der Waals surface area contributed by atoms with Crippen molar-refractivity contribution in [2.45, 2.75) is 13.8 Å². The Labute approximate surface area is 88.0 Å². The smallest absolute Gasteiger partial charge is 0.0383 e. The maximum absolute atomic E-state index is 3.85. The largest absolute Gasteiger partial charge is 0.381 e. The second-order valence-electron chi connectivity index (χ2n) is 3.27. The van der Waals surface area contributed by atoms with Crippen LogP contribution in [0.3, 0.4) is 0 Å². The Hall–Kier alpha value is -0.760. The van der Waals surface area contributed by atoms with Gasteiger partial charge in [-0.15, -0.1) is 0 Å². The lowest BCUT2D eigenvalue weighted by molar-refractivity contribution is 1.20. The maximum atomic E-state index is 3.85. The van der Waals surface area contributed by atoms with E-state index in [1.165, 1.54) is 5.56 Å². The highest BCUT2D eigenvalue weighted by molar-refractivity contribution is 9.10. The molecule has 0 saturated carbocycles. The van der Waals surface area contributed by atoms with Crippen molar-refractivity contribution in [1.29, 1.82) is 0 Å². The van der Waals surface area contributed by atoms with E-state index in [4.69, 9.17) is 0 Å². The molecule has 13 heavy (non-hydrogen) atoms. The van der Waals surface area contributed by atoms with Crippen LogP contribution in [0.4, 0.5) is 5.69 Å². The van der Waals surface area contributed by atoms with Crippen molar-refractivity contribution in [3.8, 4) is 0 Å². The monoisotopic (exact) mass is 239 g/mol. The summed E-state index contributed by atoms with van der Waals surface area (Å²) in [5, 5.41) is 3.32. The molecule has 1 aromatic carbocycles. The Balaban J connectivity index is 2.75. The fourth-order valence-electron chi connectivity index (χ4n) is 1.03. The molecular formula is C11H14BrN. The summed E-state index contributed by atoms with van der Waals surface area (Å²) < 4.78 is 1.10. The van der Waals surface area contributed by atoms with Gasteiger partial charge in [-0.1, -0.05) is 34.1 Å². The van der Waals surface area contributed by atoms with E-state index in [0.29, 0.717) is 0 Å². The Morgan fingerprint density at radius 2 is 2.23 bits per heavy atom. The minimum atomic E-state index is 0.831. The van der Waals surface area contributed by atoms with Crippen molar-refractivity contribution >= 4 is 21.6 Å². The zero-order chi connectivity index (χ0) is 9.84. The lowest BCUT2D eigenvalue weighted by Gasteiger charge is -2.09. The van der Waals surface area contributed by atoms with Crippen molar-refractivity contribution in [2.75, 3.05) is 11.9 Å². The highest BCUT2D eigenvalue weighted by Crippen LogP contribution is 2.20. The molecule has 1 nitrogen and oxygen atoms in total. The van der Waals surface area contributed by atoms with E-state index in [9.17, 15) is 0 Å². The lowest BCUT2D eigenvalue weighted by atomic mass is 10.2. The van der Waals surface area contributed by atoms with Gasteiger partial charge in [-0.25, -0.2) is 0 Å². The molecule has 0 aromatic heterocycles. The summed E-state index contributed by atoms with van der Waals surface area (Å²) in [4.78, 5) is 0. The van der Waals surface area contributed by atoms with E-state index < -0.39 is 0 Å². The number of rotatable bonds is 3. The van der Waals surface area contributed by atoms with Crippen molar-refractivity contribution in [2.24, 2.45) is 0 Å². The molecule has 0 unspecified atom stereocenters. The molecule has 0 amide bonds. The average molecular weight is 240 g/mol. The van der Waals surface area contributed by atoms with Crippen molar-refractivity contribution in [3.63, 3.8) is 0 Å². The second-order valence-corrected chi connectivity index (χ2v) is 4.19. The molecular weight excluding hydrogens is 226 g/mol. The van der Waals surface area contributed by atoms with Gasteiger partial charge < -0.3 is 5.32 Å². The predicted octanol–water partition coefficient (Wildman–Crippen LogP) is 3.75. The molecule has 2 heteroatoms. The lowest BCUT2D eigenvalue weighted by Crippen LogP contribution is -2.03. The van der Waals surface area contributed by atoms with Gasteiger partial charge in [0, 0.05) is 16.7 Å². The third-order valence-corrected chi connectivity index (χ3v) is 2.27. The molecule has 0 saturated heterocycles. The summed E-state index contributed by atoms with van der Waals surface area (Å²) in [5.41, 5.74) is 3.56. The first-order valence-electron chi connectivity index (χ1n) is 4.24. The third-order valence-electron chi connectivity index (χ3n) is 1.78. The van der Waals surface area contributed by atoms with Crippen LogP contribution in [0.2, 0.25) is 0 Å². The molecule has 0 aliphatic rings. The van der Waals surface area contributed by atoms with Gasteiger partial charge in [0.25, 0.3) is 0 Å². The van der Waals surface area contributed by atoms with Crippen molar-refractivity contribution in [3.05, 3.63) is 40.4 Å². The van der Waals surface area contributed by atoms with Gasteiger partial charge in [0.1, 0.15) is 0 Å². The summed E-state index contributed by atoms with van der Waals surface area (Å²) >= 11 is 3.44. The quantitative estimate of drug-likeness (QED) is 0.793. The van der Waals surface area contributed by atoms with E-state index in [-0.39, 0.29) is 0 Å². The Morgan fingerprint density at radius 3 is 2.85 bits per heavy atom. The summed E-state index contributed by atoms with van der Waals surface area (Å²) in [7, 11) is 0. The molecule has 1 rings (SSSR count). The van der Waals surface area contributed by atoms with Crippen LogP contribution in [-0.2, 0) is 0 Å². The molecule has 0 bridgehead atoms. The van der Waals surface area contributed by atoms with E-state index in [1.54, 1.807) is 0 Å². The standard InChI is InChI=1S/C11H14BrN/c1-8(2)7-13-11-6-10(12)5-4-9(11)3/h4-6,13H,1,7H2,2-3H3. The second kappa shape index (κ2) is 4.47. The third kappa shape index (κ3) is 3.23. The molecule has 70 valence electrons. The van der Waals surface area contributed by atoms with Crippen molar-refractivity contribution in [1.82, 2.24) is 0 Å². The fraction of sp³-hybridized carbons (Fsp3) is 0.273. The predicted molar refractivity (Wildman–Crippen MR) is 62.2 cm³/mol. The highest BCUT2D eigenvalue weighted by atomic mass is 79.9. The molecule has 0 aliphatic carbocycles. The number of halogens is 1. The minimum Gasteiger partial charge on any atom is -0.381 e. The molecule has 1 N–H and O–H groups in total. The van der Waals surface area contributed by atoms with Gasteiger partial charge in [-0.3, -0.25) is 0 Å². The fourth-order valence-corrected chi connectivity index (χ4v) is 1.39. The number of nitrogens with one attached hydrogen (secondary N) is 1.